The lowest BCUT2D eigenvalue weighted by Crippen LogP contribution is -2.06. The molecule has 0 saturated heterocycles. The number of benzene rings is 4. The van der Waals surface area contributed by atoms with E-state index in [-0.39, 0.29) is 9.79 Å². The molecule has 0 N–H and O–H groups in total. The molecule has 4 nitrogen and oxygen atoms in total. The normalized spacial score (nSPS) is 11.2. The second-order valence-electron chi connectivity index (χ2n) is 6.96. The van der Waals surface area contributed by atoms with Crippen LogP contribution in [0.3, 0.4) is 0 Å². The van der Waals surface area contributed by atoms with Gasteiger partial charge in [0.2, 0.25) is 9.84 Å². The molecular formula is C26H22O4S. The third-order valence-electron chi connectivity index (χ3n) is 5.12. The number of ether oxygens (including phenoxy) is 2. The first kappa shape index (κ1) is 20.7. The molecule has 0 aliphatic carbocycles. The van der Waals surface area contributed by atoms with Crippen molar-refractivity contribution in [1.82, 2.24) is 0 Å². The molecule has 156 valence electrons. The highest BCUT2D eigenvalue weighted by Crippen LogP contribution is 2.39. The lowest BCUT2D eigenvalue weighted by atomic mass is 10.1. The van der Waals surface area contributed by atoms with Crippen molar-refractivity contribution < 1.29 is 17.9 Å². The fourth-order valence-corrected chi connectivity index (χ4v) is 5.21. The van der Waals surface area contributed by atoms with Crippen LogP contribution in [0.4, 0.5) is 0 Å². The zero-order valence-electron chi connectivity index (χ0n) is 17.3. The van der Waals surface area contributed by atoms with Gasteiger partial charge in [-0.25, -0.2) is 8.42 Å². The van der Waals surface area contributed by atoms with E-state index in [9.17, 15) is 8.42 Å². The van der Waals surface area contributed by atoms with Gasteiger partial charge in [0, 0.05) is 11.1 Å². The quantitative estimate of drug-likeness (QED) is 0.384. The molecule has 0 aromatic heterocycles. The second kappa shape index (κ2) is 8.66. The van der Waals surface area contributed by atoms with Crippen molar-refractivity contribution in [2.45, 2.75) is 9.79 Å². The molecule has 0 radical (unpaired) electrons. The molecule has 0 spiro atoms. The third-order valence-corrected chi connectivity index (χ3v) is 6.99. The molecule has 0 bridgehead atoms. The van der Waals surface area contributed by atoms with Crippen LogP contribution in [0.15, 0.2) is 107 Å². The minimum absolute atomic E-state index is 0.224. The van der Waals surface area contributed by atoms with Gasteiger partial charge in [0.25, 0.3) is 0 Å². The van der Waals surface area contributed by atoms with Gasteiger partial charge in [-0.3, -0.25) is 0 Å². The van der Waals surface area contributed by atoms with E-state index in [1.807, 2.05) is 60.7 Å². The molecule has 5 heteroatoms. The monoisotopic (exact) mass is 430 g/mol. The van der Waals surface area contributed by atoms with Gasteiger partial charge in [0.05, 0.1) is 24.0 Å². The maximum atomic E-state index is 13.9. The number of hydrogen-bond donors (Lipinski definition) is 0. The van der Waals surface area contributed by atoms with Crippen molar-refractivity contribution in [2.24, 2.45) is 0 Å². The number of sulfone groups is 1. The Balaban J connectivity index is 1.97. The van der Waals surface area contributed by atoms with Crippen molar-refractivity contribution in [1.29, 1.82) is 0 Å². The number of hydrogen-bond acceptors (Lipinski definition) is 4. The summed E-state index contributed by atoms with van der Waals surface area (Å²) in [6.45, 7) is 0. The summed E-state index contributed by atoms with van der Waals surface area (Å²) in [4.78, 5) is 0.448. The highest BCUT2D eigenvalue weighted by Gasteiger charge is 2.26. The van der Waals surface area contributed by atoms with Crippen molar-refractivity contribution in [3.8, 4) is 33.8 Å². The van der Waals surface area contributed by atoms with Crippen LogP contribution in [0.5, 0.6) is 11.5 Å². The summed E-state index contributed by atoms with van der Waals surface area (Å²) < 4.78 is 38.6. The summed E-state index contributed by atoms with van der Waals surface area (Å²) in [5, 5.41) is 0. The van der Waals surface area contributed by atoms with Crippen LogP contribution in [0, 0.1) is 0 Å². The average molecular weight is 431 g/mol. The van der Waals surface area contributed by atoms with Gasteiger partial charge in [-0.05, 0) is 47.5 Å². The molecule has 31 heavy (non-hydrogen) atoms. The molecule has 0 atom stereocenters. The topological polar surface area (TPSA) is 52.6 Å². The largest absolute Gasteiger partial charge is 0.497 e. The predicted molar refractivity (Wildman–Crippen MR) is 122 cm³/mol. The summed E-state index contributed by atoms with van der Waals surface area (Å²) in [5.41, 5.74) is 2.79. The summed E-state index contributed by atoms with van der Waals surface area (Å²) in [6, 6.07) is 29.0. The Kier molecular flexibility index (Phi) is 5.78. The first-order chi connectivity index (χ1) is 15.0. The van der Waals surface area contributed by atoms with Gasteiger partial charge in [-0.2, -0.15) is 0 Å². The van der Waals surface area contributed by atoms with E-state index in [0.717, 1.165) is 11.1 Å². The molecule has 0 amide bonds. The SMILES string of the molecule is COc1ccc(S(=O)(=O)c2ccc(OC)cc2-c2ccccc2)c(-c2ccccc2)c1. The summed E-state index contributed by atoms with van der Waals surface area (Å²) in [7, 11) is -0.728. The Morgan fingerprint density at radius 2 is 0.935 bits per heavy atom. The fourth-order valence-electron chi connectivity index (χ4n) is 3.55. The molecule has 4 aromatic carbocycles. The Bertz CT molecular complexity index is 1200. The van der Waals surface area contributed by atoms with E-state index in [2.05, 4.69) is 0 Å². The van der Waals surface area contributed by atoms with Crippen molar-refractivity contribution >= 4 is 9.84 Å². The zero-order valence-corrected chi connectivity index (χ0v) is 18.1. The molecule has 4 rings (SSSR count). The zero-order chi connectivity index (χ0) is 21.8. The average Bonchev–Trinajstić information content (AvgIpc) is 2.84. The van der Waals surface area contributed by atoms with Gasteiger partial charge < -0.3 is 9.47 Å². The molecular weight excluding hydrogens is 408 g/mol. The highest BCUT2D eigenvalue weighted by molar-refractivity contribution is 7.91. The molecule has 4 aromatic rings. The highest BCUT2D eigenvalue weighted by atomic mass is 32.2. The van der Waals surface area contributed by atoms with Gasteiger partial charge in [0.1, 0.15) is 11.5 Å². The van der Waals surface area contributed by atoms with Gasteiger partial charge >= 0.3 is 0 Å². The Hall–Kier alpha value is -3.57. The van der Waals surface area contributed by atoms with E-state index in [0.29, 0.717) is 22.6 Å². The molecule has 0 fully saturated rings. The van der Waals surface area contributed by atoms with Crippen LogP contribution in [-0.2, 0) is 9.84 Å². The standard InChI is InChI=1S/C26H22O4S/c1-29-21-13-15-25(23(17-21)19-9-5-3-6-10-19)31(27,28)26-16-14-22(30-2)18-24(26)20-11-7-4-8-12-20/h3-18H,1-2H3. The smallest absolute Gasteiger partial charge is 0.207 e. The van der Waals surface area contributed by atoms with Crippen molar-refractivity contribution in [2.75, 3.05) is 14.2 Å². The van der Waals surface area contributed by atoms with Crippen LogP contribution >= 0.6 is 0 Å². The minimum Gasteiger partial charge on any atom is -0.497 e. The maximum Gasteiger partial charge on any atom is 0.207 e. The summed E-state index contributed by atoms with van der Waals surface area (Å²) in [5.74, 6) is 1.19. The van der Waals surface area contributed by atoms with Crippen LogP contribution < -0.4 is 9.47 Å². The molecule has 0 aliphatic rings. The Labute approximate surface area is 182 Å². The van der Waals surface area contributed by atoms with Crippen LogP contribution in [0.1, 0.15) is 0 Å². The van der Waals surface area contributed by atoms with Gasteiger partial charge in [-0.15, -0.1) is 0 Å². The van der Waals surface area contributed by atoms with E-state index in [4.69, 9.17) is 9.47 Å². The summed E-state index contributed by atoms with van der Waals surface area (Å²) >= 11 is 0. The van der Waals surface area contributed by atoms with Crippen LogP contribution in [-0.4, -0.2) is 22.6 Å². The predicted octanol–water partition coefficient (Wildman–Crippen LogP) is 5.87. The van der Waals surface area contributed by atoms with Gasteiger partial charge in [-0.1, -0.05) is 60.7 Å². The number of rotatable bonds is 6. The first-order valence-corrected chi connectivity index (χ1v) is 11.2. The van der Waals surface area contributed by atoms with E-state index in [1.165, 1.54) is 0 Å². The molecule has 0 heterocycles. The third kappa shape index (κ3) is 4.05. The molecule has 0 aliphatic heterocycles. The van der Waals surface area contributed by atoms with Crippen molar-refractivity contribution in [3.63, 3.8) is 0 Å². The van der Waals surface area contributed by atoms with E-state index in [1.54, 1.807) is 50.6 Å². The number of methoxy groups -OCH3 is 2. The van der Waals surface area contributed by atoms with Gasteiger partial charge in [0.15, 0.2) is 0 Å². The lowest BCUT2D eigenvalue weighted by molar-refractivity contribution is 0.414. The maximum absolute atomic E-state index is 13.9. The Morgan fingerprint density at radius 3 is 1.29 bits per heavy atom. The van der Waals surface area contributed by atoms with Crippen LogP contribution in [0.2, 0.25) is 0 Å². The first-order valence-electron chi connectivity index (χ1n) is 9.76. The van der Waals surface area contributed by atoms with E-state index < -0.39 is 9.84 Å². The Morgan fingerprint density at radius 1 is 0.548 bits per heavy atom. The summed E-state index contributed by atoms with van der Waals surface area (Å²) in [6.07, 6.45) is 0. The van der Waals surface area contributed by atoms with Crippen LogP contribution in [0.25, 0.3) is 22.3 Å². The molecule has 0 saturated carbocycles. The van der Waals surface area contributed by atoms with Crippen molar-refractivity contribution in [3.05, 3.63) is 97.1 Å². The minimum atomic E-state index is -3.86. The van der Waals surface area contributed by atoms with E-state index >= 15 is 0 Å². The lowest BCUT2D eigenvalue weighted by Gasteiger charge is -2.16. The second-order valence-corrected chi connectivity index (χ2v) is 8.85. The fraction of sp³-hybridized carbons (Fsp3) is 0.0769. The molecule has 0 unspecified atom stereocenters.